The molecule has 0 unspecified atom stereocenters. The van der Waals surface area contributed by atoms with E-state index < -0.39 is 8.07 Å². The van der Waals surface area contributed by atoms with Crippen LogP contribution in [0.5, 0.6) is 0 Å². The summed E-state index contributed by atoms with van der Waals surface area (Å²) in [6, 6.07) is 32.8. The van der Waals surface area contributed by atoms with E-state index in [9.17, 15) is 0 Å². The normalized spacial score (nSPS) is 12.5. The van der Waals surface area contributed by atoms with Crippen molar-refractivity contribution in [2.75, 3.05) is 0 Å². The molecule has 0 radical (unpaired) electrons. The molecule has 0 amide bonds. The predicted molar refractivity (Wildman–Crippen MR) is 120 cm³/mol. The second-order valence-electron chi connectivity index (χ2n) is 7.91. The van der Waals surface area contributed by atoms with Gasteiger partial charge in [-0.05, 0) is 12.5 Å². The van der Waals surface area contributed by atoms with Crippen molar-refractivity contribution in [1.82, 2.24) is 0 Å². The third kappa shape index (κ3) is 4.08. The molecule has 0 fully saturated rings. The fourth-order valence-corrected chi connectivity index (χ4v) is 4.53. The molecule has 0 bridgehead atoms. The Labute approximate surface area is 159 Å². The van der Waals surface area contributed by atoms with Gasteiger partial charge in [-0.3, -0.25) is 0 Å². The molecular formula is C24H27BSi. The zero-order valence-corrected chi connectivity index (χ0v) is 17.2. The van der Waals surface area contributed by atoms with Gasteiger partial charge in [0.05, 0.1) is 8.07 Å². The monoisotopic (exact) mass is 354 g/mol. The third-order valence-corrected chi connectivity index (χ3v) is 7.69. The van der Waals surface area contributed by atoms with Gasteiger partial charge in [0.25, 0.3) is 0 Å². The number of benzene rings is 3. The van der Waals surface area contributed by atoms with Crippen molar-refractivity contribution in [2.45, 2.75) is 26.6 Å². The largest absolute Gasteiger partial charge is 0.241 e. The second-order valence-corrected chi connectivity index (χ2v) is 13.2. The molecule has 3 rings (SSSR count). The van der Waals surface area contributed by atoms with E-state index in [-0.39, 0.29) is 6.71 Å². The van der Waals surface area contributed by atoms with Crippen LogP contribution in [0.25, 0.3) is 5.47 Å². The van der Waals surface area contributed by atoms with Crippen LogP contribution in [0.15, 0.2) is 96.2 Å². The highest BCUT2D eigenvalue weighted by atomic mass is 28.3. The molecule has 3 aromatic carbocycles. The maximum atomic E-state index is 2.44. The fraction of sp³-hybridized carbons (Fsp3) is 0.167. The lowest BCUT2D eigenvalue weighted by Gasteiger charge is -2.28. The Kier molecular flexibility index (Phi) is 5.63. The molecule has 130 valence electrons. The Hall–Kier alpha value is -2.32. The van der Waals surface area contributed by atoms with Gasteiger partial charge in [-0.2, -0.15) is 0 Å². The first kappa shape index (κ1) is 18.5. The minimum Gasteiger partial charge on any atom is -0.0880 e. The van der Waals surface area contributed by atoms with Crippen LogP contribution in [-0.4, -0.2) is 14.8 Å². The number of allylic oxidation sites excluding steroid dienone is 1. The summed E-state index contributed by atoms with van der Waals surface area (Å²) in [6.07, 6.45) is 0. The first-order valence-electron chi connectivity index (χ1n) is 9.35. The molecule has 0 spiro atoms. The Balaban J connectivity index is 2.31. The highest BCUT2D eigenvalue weighted by molar-refractivity contribution is 7.02. The van der Waals surface area contributed by atoms with Crippen LogP contribution >= 0.6 is 0 Å². The lowest BCUT2D eigenvalue weighted by molar-refractivity contribution is 1.52. The highest BCUT2D eigenvalue weighted by Crippen LogP contribution is 2.28. The summed E-state index contributed by atoms with van der Waals surface area (Å²) in [5.41, 5.74) is 5.53. The highest BCUT2D eigenvalue weighted by Gasteiger charge is 2.30. The van der Waals surface area contributed by atoms with Gasteiger partial charge in [0.1, 0.15) is 0 Å². The maximum Gasteiger partial charge on any atom is 0.241 e. The smallest absolute Gasteiger partial charge is 0.0880 e. The van der Waals surface area contributed by atoms with E-state index in [1.807, 2.05) is 0 Å². The molecule has 0 aliphatic carbocycles. The molecule has 0 aromatic heterocycles. The zero-order chi connectivity index (χ0) is 18.6. The molecule has 0 aliphatic rings. The van der Waals surface area contributed by atoms with Gasteiger partial charge in [-0.1, -0.05) is 132 Å². The van der Waals surface area contributed by atoms with Crippen molar-refractivity contribution in [2.24, 2.45) is 0 Å². The van der Waals surface area contributed by atoms with Crippen LogP contribution in [0.2, 0.25) is 19.6 Å². The van der Waals surface area contributed by atoms with Gasteiger partial charge in [0.2, 0.25) is 6.71 Å². The SMILES string of the molecule is C/C(=C(\B(c1ccccc1)c1ccccc1)c1ccccc1)[Si](C)(C)C. The summed E-state index contributed by atoms with van der Waals surface area (Å²) in [7, 11) is -1.46. The van der Waals surface area contributed by atoms with Gasteiger partial charge in [-0.25, -0.2) is 0 Å². The Morgan fingerprint density at radius 3 is 1.38 bits per heavy atom. The molecule has 0 N–H and O–H groups in total. The number of rotatable bonds is 5. The molecule has 3 aromatic rings. The average molecular weight is 354 g/mol. The van der Waals surface area contributed by atoms with Crippen LogP contribution in [0.3, 0.4) is 0 Å². The summed E-state index contributed by atoms with van der Waals surface area (Å²) >= 11 is 0. The molecule has 0 saturated heterocycles. The van der Waals surface area contributed by atoms with Gasteiger partial charge < -0.3 is 0 Å². The molecule has 0 saturated carbocycles. The summed E-state index contributed by atoms with van der Waals surface area (Å²) in [6.45, 7) is 9.94. The summed E-state index contributed by atoms with van der Waals surface area (Å²) in [5, 5.41) is 1.57. The van der Waals surface area contributed by atoms with E-state index in [4.69, 9.17) is 0 Å². The summed E-state index contributed by atoms with van der Waals surface area (Å²) < 4.78 is 0. The van der Waals surface area contributed by atoms with Crippen molar-refractivity contribution < 1.29 is 0 Å². The van der Waals surface area contributed by atoms with Gasteiger partial charge in [0.15, 0.2) is 0 Å². The number of hydrogen-bond acceptors (Lipinski definition) is 0. The Morgan fingerprint density at radius 2 is 1.00 bits per heavy atom. The van der Waals surface area contributed by atoms with Gasteiger partial charge >= 0.3 is 0 Å². The van der Waals surface area contributed by atoms with Crippen molar-refractivity contribution in [3.63, 3.8) is 0 Å². The first-order chi connectivity index (χ1) is 12.5. The molecule has 0 heterocycles. The van der Waals surface area contributed by atoms with Crippen molar-refractivity contribution >= 4 is 31.2 Å². The van der Waals surface area contributed by atoms with Gasteiger partial charge in [0, 0.05) is 0 Å². The average Bonchev–Trinajstić information content (AvgIpc) is 2.67. The summed E-state index contributed by atoms with van der Waals surface area (Å²) in [5.74, 6) is 0. The van der Waals surface area contributed by atoms with E-state index in [2.05, 4.69) is 118 Å². The predicted octanol–water partition coefficient (Wildman–Crippen LogP) is 5.19. The quantitative estimate of drug-likeness (QED) is 0.554. The van der Waals surface area contributed by atoms with Crippen molar-refractivity contribution in [1.29, 1.82) is 0 Å². The molecule has 0 nitrogen and oxygen atoms in total. The van der Waals surface area contributed by atoms with E-state index in [0.717, 1.165) is 0 Å². The van der Waals surface area contributed by atoms with Crippen LogP contribution in [0.4, 0.5) is 0 Å². The summed E-state index contributed by atoms with van der Waals surface area (Å²) in [4.78, 5) is 0. The minimum atomic E-state index is -1.46. The second kappa shape index (κ2) is 7.92. The van der Waals surface area contributed by atoms with Crippen molar-refractivity contribution in [3.8, 4) is 0 Å². The van der Waals surface area contributed by atoms with Crippen molar-refractivity contribution in [3.05, 3.63) is 102 Å². The van der Waals surface area contributed by atoms with E-state index in [1.54, 1.807) is 5.20 Å². The number of hydrogen-bond donors (Lipinski definition) is 0. The fourth-order valence-electron chi connectivity index (χ4n) is 3.44. The van der Waals surface area contributed by atoms with E-state index in [1.165, 1.54) is 22.0 Å². The first-order valence-corrected chi connectivity index (χ1v) is 12.8. The van der Waals surface area contributed by atoms with Crippen LogP contribution in [0, 0.1) is 0 Å². The van der Waals surface area contributed by atoms with Crippen LogP contribution in [0.1, 0.15) is 12.5 Å². The van der Waals surface area contributed by atoms with Gasteiger partial charge in [-0.15, -0.1) is 0 Å². The van der Waals surface area contributed by atoms with E-state index in [0.29, 0.717) is 0 Å². The molecule has 0 aliphatic heterocycles. The Morgan fingerprint density at radius 1 is 0.615 bits per heavy atom. The molecule has 0 atom stereocenters. The molecule has 26 heavy (non-hydrogen) atoms. The van der Waals surface area contributed by atoms with Crippen LogP contribution in [-0.2, 0) is 0 Å². The topological polar surface area (TPSA) is 0 Å². The molecular weight excluding hydrogens is 327 g/mol. The maximum absolute atomic E-state index is 2.44. The van der Waals surface area contributed by atoms with Crippen LogP contribution < -0.4 is 10.9 Å². The zero-order valence-electron chi connectivity index (χ0n) is 16.2. The minimum absolute atomic E-state index is 0.256. The standard InChI is InChI=1S/C24H27BSi/c1-20(26(2,3)4)24(21-14-8-5-9-15-21)25(22-16-10-6-11-17-22)23-18-12-7-13-19-23/h5-19H,1-4H3/b24-20+. The van der Waals surface area contributed by atoms with E-state index >= 15 is 0 Å². The third-order valence-electron chi connectivity index (χ3n) is 5.17. The Bertz CT molecular complexity index is 823. The lowest BCUT2D eigenvalue weighted by Crippen LogP contribution is -2.45. The molecule has 2 heteroatoms. The lowest BCUT2D eigenvalue weighted by atomic mass is 9.35.